The number of hydrogen-bond donors (Lipinski definition) is 0. The van der Waals surface area contributed by atoms with E-state index in [-0.39, 0.29) is 5.78 Å². The van der Waals surface area contributed by atoms with Gasteiger partial charge in [-0.2, -0.15) is 0 Å². The minimum atomic E-state index is 0.104. The zero-order valence-corrected chi connectivity index (χ0v) is 12.0. The van der Waals surface area contributed by atoms with Crippen molar-refractivity contribution < 1.29 is 4.79 Å². The average molecular weight is 304 g/mol. The van der Waals surface area contributed by atoms with Crippen molar-refractivity contribution in [2.45, 2.75) is 20.3 Å². The summed E-state index contributed by atoms with van der Waals surface area (Å²) in [4.78, 5) is 16.4. The Morgan fingerprint density at radius 1 is 1.22 bits per heavy atom. The molecule has 0 aliphatic rings. The van der Waals surface area contributed by atoms with Gasteiger partial charge in [-0.05, 0) is 43.2 Å². The quantitative estimate of drug-likeness (QED) is 0.805. The van der Waals surface area contributed by atoms with Crippen LogP contribution in [0.25, 0.3) is 0 Å². The maximum Gasteiger partial charge on any atom is 0.168 e. The molecule has 3 heteroatoms. The molecule has 0 saturated carbocycles. The molecular formula is C15H14BrNO. The smallest absolute Gasteiger partial charge is 0.168 e. The molecule has 0 spiro atoms. The van der Waals surface area contributed by atoms with Crippen molar-refractivity contribution in [1.82, 2.24) is 4.98 Å². The fourth-order valence-electron chi connectivity index (χ4n) is 1.78. The standard InChI is InChI=1S/C15H14BrNO/c1-10-4-3-7-17-14(10)9-15(18)12-5-6-13(16)11(2)8-12/h3-8H,9H2,1-2H3. The second-order valence-corrected chi connectivity index (χ2v) is 5.19. The topological polar surface area (TPSA) is 30.0 Å². The Hall–Kier alpha value is -1.48. The van der Waals surface area contributed by atoms with E-state index in [1.54, 1.807) is 6.20 Å². The lowest BCUT2D eigenvalue weighted by atomic mass is 10.0. The number of carbonyl (C=O) groups is 1. The molecule has 18 heavy (non-hydrogen) atoms. The van der Waals surface area contributed by atoms with E-state index < -0.39 is 0 Å². The first-order valence-corrected chi connectivity index (χ1v) is 6.57. The van der Waals surface area contributed by atoms with Crippen LogP contribution in [0.1, 0.15) is 27.2 Å². The fourth-order valence-corrected chi connectivity index (χ4v) is 2.02. The molecule has 92 valence electrons. The largest absolute Gasteiger partial charge is 0.294 e. The maximum atomic E-state index is 12.2. The predicted molar refractivity (Wildman–Crippen MR) is 75.9 cm³/mol. The molecule has 0 atom stereocenters. The van der Waals surface area contributed by atoms with E-state index in [9.17, 15) is 4.79 Å². The number of nitrogens with zero attached hydrogens (tertiary/aromatic N) is 1. The van der Waals surface area contributed by atoms with Gasteiger partial charge in [-0.3, -0.25) is 9.78 Å². The first-order valence-electron chi connectivity index (χ1n) is 5.78. The van der Waals surface area contributed by atoms with Gasteiger partial charge in [0, 0.05) is 16.2 Å². The van der Waals surface area contributed by atoms with Crippen molar-refractivity contribution in [3.8, 4) is 0 Å². The molecule has 0 bridgehead atoms. The summed E-state index contributed by atoms with van der Waals surface area (Å²) in [7, 11) is 0. The highest BCUT2D eigenvalue weighted by atomic mass is 79.9. The van der Waals surface area contributed by atoms with Gasteiger partial charge >= 0.3 is 0 Å². The predicted octanol–water partition coefficient (Wildman–Crippen LogP) is 3.89. The van der Waals surface area contributed by atoms with Crippen molar-refractivity contribution in [3.63, 3.8) is 0 Å². The van der Waals surface area contributed by atoms with Gasteiger partial charge in [-0.25, -0.2) is 0 Å². The average Bonchev–Trinajstić information content (AvgIpc) is 2.35. The monoisotopic (exact) mass is 303 g/mol. The highest BCUT2D eigenvalue weighted by Gasteiger charge is 2.10. The first-order chi connectivity index (χ1) is 8.58. The second kappa shape index (κ2) is 5.44. The first kappa shape index (κ1) is 13.0. The normalized spacial score (nSPS) is 10.4. The van der Waals surface area contributed by atoms with Gasteiger partial charge in [0.05, 0.1) is 12.1 Å². The van der Waals surface area contributed by atoms with Crippen LogP contribution in [0.4, 0.5) is 0 Å². The summed E-state index contributed by atoms with van der Waals surface area (Å²) in [5, 5.41) is 0. The highest BCUT2D eigenvalue weighted by Crippen LogP contribution is 2.18. The lowest BCUT2D eigenvalue weighted by Gasteiger charge is -2.05. The molecule has 0 fully saturated rings. The third-order valence-corrected chi connectivity index (χ3v) is 3.82. The highest BCUT2D eigenvalue weighted by molar-refractivity contribution is 9.10. The van der Waals surface area contributed by atoms with Gasteiger partial charge < -0.3 is 0 Å². The zero-order chi connectivity index (χ0) is 13.1. The second-order valence-electron chi connectivity index (χ2n) is 4.33. The SMILES string of the molecule is Cc1cc(C(=O)Cc2ncccc2C)ccc1Br. The summed E-state index contributed by atoms with van der Waals surface area (Å²) in [5.74, 6) is 0.104. The molecule has 2 nitrogen and oxygen atoms in total. The number of rotatable bonds is 3. The number of ketones is 1. The third kappa shape index (κ3) is 2.85. The molecule has 0 aliphatic heterocycles. The minimum Gasteiger partial charge on any atom is -0.294 e. The molecule has 2 rings (SSSR count). The van der Waals surface area contributed by atoms with Crippen LogP contribution >= 0.6 is 15.9 Å². The molecule has 0 N–H and O–H groups in total. The number of benzene rings is 1. The summed E-state index contributed by atoms with van der Waals surface area (Å²) in [6, 6.07) is 9.52. The van der Waals surface area contributed by atoms with Crippen LogP contribution in [0.3, 0.4) is 0 Å². The van der Waals surface area contributed by atoms with Crippen LogP contribution in [0.15, 0.2) is 41.0 Å². The van der Waals surface area contributed by atoms with E-state index in [1.165, 1.54) is 0 Å². The Kier molecular flexibility index (Phi) is 3.92. The van der Waals surface area contributed by atoms with Crippen molar-refractivity contribution >= 4 is 21.7 Å². The van der Waals surface area contributed by atoms with Crippen molar-refractivity contribution in [2.24, 2.45) is 0 Å². The number of pyridine rings is 1. The van der Waals surface area contributed by atoms with E-state index in [2.05, 4.69) is 20.9 Å². The van der Waals surface area contributed by atoms with Crippen LogP contribution in [0.2, 0.25) is 0 Å². The van der Waals surface area contributed by atoms with Gasteiger partial charge in [-0.15, -0.1) is 0 Å². The Labute approximate surface area is 115 Å². The van der Waals surface area contributed by atoms with Crippen LogP contribution in [0, 0.1) is 13.8 Å². The number of hydrogen-bond acceptors (Lipinski definition) is 2. The molecule has 0 saturated heterocycles. The third-order valence-electron chi connectivity index (χ3n) is 2.93. The van der Waals surface area contributed by atoms with Crippen LogP contribution in [-0.4, -0.2) is 10.8 Å². The number of carbonyl (C=O) groups excluding carboxylic acids is 1. The summed E-state index contributed by atoms with van der Waals surface area (Å²) < 4.78 is 1.02. The summed E-state index contributed by atoms with van der Waals surface area (Å²) in [6.45, 7) is 3.95. The van der Waals surface area contributed by atoms with E-state index >= 15 is 0 Å². The summed E-state index contributed by atoms with van der Waals surface area (Å²) >= 11 is 3.43. The Morgan fingerprint density at radius 2 is 2.00 bits per heavy atom. The van der Waals surface area contributed by atoms with Crippen molar-refractivity contribution in [2.75, 3.05) is 0 Å². The van der Waals surface area contributed by atoms with Gasteiger partial charge in [0.25, 0.3) is 0 Å². The zero-order valence-electron chi connectivity index (χ0n) is 10.4. The molecule has 2 aromatic rings. The molecule has 1 aromatic carbocycles. The molecule has 0 radical (unpaired) electrons. The van der Waals surface area contributed by atoms with Gasteiger partial charge in [0.2, 0.25) is 0 Å². The minimum absolute atomic E-state index is 0.104. The van der Waals surface area contributed by atoms with Gasteiger partial charge in [0.1, 0.15) is 0 Å². The molecule has 0 aliphatic carbocycles. The van der Waals surface area contributed by atoms with Crippen molar-refractivity contribution in [1.29, 1.82) is 0 Å². The van der Waals surface area contributed by atoms with Crippen molar-refractivity contribution in [3.05, 3.63) is 63.4 Å². The van der Waals surface area contributed by atoms with Crippen LogP contribution < -0.4 is 0 Å². The van der Waals surface area contributed by atoms with Crippen LogP contribution in [-0.2, 0) is 6.42 Å². The Balaban J connectivity index is 2.22. The van der Waals surface area contributed by atoms with E-state index in [4.69, 9.17) is 0 Å². The molecule has 1 heterocycles. The summed E-state index contributed by atoms with van der Waals surface area (Å²) in [5.41, 5.74) is 3.71. The van der Waals surface area contributed by atoms with E-state index in [1.807, 2.05) is 44.2 Å². The Morgan fingerprint density at radius 3 is 2.67 bits per heavy atom. The Bertz CT molecular complexity index is 593. The number of Topliss-reactive ketones (excluding diaryl/α,β-unsaturated/α-hetero) is 1. The lowest BCUT2D eigenvalue weighted by molar-refractivity contribution is 0.0991. The number of aryl methyl sites for hydroxylation is 2. The molecule has 1 aromatic heterocycles. The molecular weight excluding hydrogens is 290 g/mol. The molecule has 0 unspecified atom stereocenters. The van der Waals surface area contributed by atoms with Crippen LogP contribution in [0.5, 0.6) is 0 Å². The van der Waals surface area contributed by atoms with Gasteiger partial charge in [-0.1, -0.05) is 28.1 Å². The van der Waals surface area contributed by atoms with E-state index in [0.29, 0.717) is 6.42 Å². The molecule has 0 amide bonds. The lowest BCUT2D eigenvalue weighted by Crippen LogP contribution is -2.06. The van der Waals surface area contributed by atoms with Gasteiger partial charge in [0.15, 0.2) is 5.78 Å². The number of aromatic nitrogens is 1. The fraction of sp³-hybridized carbons (Fsp3) is 0.200. The maximum absolute atomic E-state index is 12.2. The van der Waals surface area contributed by atoms with E-state index in [0.717, 1.165) is 26.9 Å². The summed E-state index contributed by atoms with van der Waals surface area (Å²) in [6.07, 6.45) is 2.08. The number of halogens is 1.